The highest BCUT2D eigenvalue weighted by atomic mass is 16.5. The van der Waals surface area contributed by atoms with E-state index in [0.717, 1.165) is 31.7 Å². The molecule has 0 aromatic carbocycles. The van der Waals surface area contributed by atoms with Crippen molar-refractivity contribution in [2.45, 2.75) is 38.3 Å². The van der Waals surface area contributed by atoms with Crippen molar-refractivity contribution in [2.24, 2.45) is 0 Å². The van der Waals surface area contributed by atoms with E-state index in [0.29, 0.717) is 18.6 Å². The number of ether oxygens (including phenoxy) is 1. The predicted octanol–water partition coefficient (Wildman–Crippen LogP) is 0.873. The Labute approximate surface area is 102 Å². The fourth-order valence-corrected chi connectivity index (χ4v) is 2.45. The second kappa shape index (κ2) is 5.06. The van der Waals surface area contributed by atoms with Gasteiger partial charge >= 0.3 is 0 Å². The summed E-state index contributed by atoms with van der Waals surface area (Å²) in [5.41, 5.74) is 0.0331. The summed E-state index contributed by atoms with van der Waals surface area (Å²) in [6.07, 6.45) is 4.11. The van der Waals surface area contributed by atoms with Crippen LogP contribution in [0, 0.1) is 0 Å². The van der Waals surface area contributed by atoms with Crippen LogP contribution >= 0.6 is 0 Å². The lowest BCUT2D eigenvalue weighted by atomic mass is 9.88. The van der Waals surface area contributed by atoms with Crippen LogP contribution in [-0.2, 0) is 12.1 Å². The van der Waals surface area contributed by atoms with E-state index in [1.165, 1.54) is 0 Å². The van der Waals surface area contributed by atoms with Crippen molar-refractivity contribution in [3.8, 4) is 5.75 Å². The van der Waals surface area contributed by atoms with Crippen LogP contribution in [0.15, 0.2) is 6.20 Å². The lowest BCUT2D eigenvalue weighted by molar-refractivity contribution is -0.00444. The van der Waals surface area contributed by atoms with Gasteiger partial charge in [0.25, 0.3) is 0 Å². The molecule has 2 rings (SSSR count). The molecule has 0 radical (unpaired) electrons. The van der Waals surface area contributed by atoms with E-state index in [2.05, 4.69) is 17.3 Å². The summed E-state index contributed by atoms with van der Waals surface area (Å²) < 4.78 is 7.21. The SMILES string of the molecule is CCCn1ncc(OC)c1C1(O)CCNCC1. The first-order chi connectivity index (χ1) is 8.21. The molecule has 1 aliphatic rings. The fraction of sp³-hybridized carbons (Fsp3) is 0.750. The Morgan fingerprint density at radius 3 is 2.82 bits per heavy atom. The van der Waals surface area contributed by atoms with Gasteiger partial charge in [-0.1, -0.05) is 6.92 Å². The first-order valence-electron chi connectivity index (χ1n) is 6.24. The fourth-order valence-electron chi connectivity index (χ4n) is 2.45. The molecule has 1 aliphatic heterocycles. The maximum absolute atomic E-state index is 10.8. The third-order valence-corrected chi connectivity index (χ3v) is 3.33. The molecule has 0 aliphatic carbocycles. The minimum atomic E-state index is -0.803. The lowest BCUT2D eigenvalue weighted by Gasteiger charge is -2.33. The normalized spacial score (nSPS) is 19.2. The molecule has 2 heterocycles. The number of aryl methyl sites for hydroxylation is 1. The molecule has 96 valence electrons. The Morgan fingerprint density at radius 2 is 2.24 bits per heavy atom. The van der Waals surface area contributed by atoms with Gasteiger partial charge in [-0.2, -0.15) is 5.10 Å². The van der Waals surface area contributed by atoms with Crippen LogP contribution < -0.4 is 10.1 Å². The molecular weight excluding hydrogens is 218 g/mol. The topological polar surface area (TPSA) is 59.3 Å². The van der Waals surface area contributed by atoms with Gasteiger partial charge in [0.15, 0.2) is 5.75 Å². The van der Waals surface area contributed by atoms with Crippen molar-refractivity contribution in [1.29, 1.82) is 0 Å². The molecule has 5 nitrogen and oxygen atoms in total. The highest BCUT2D eigenvalue weighted by Crippen LogP contribution is 2.36. The minimum Gasteiger partial charge on any atom is -0.493 e. The van der Waals surface area contributed by atoms with Gasteiger partial charge in [-0.15, -0.1) is 0 Å². The Hall–Kier alpha value is -1.07. The lowest BCUT2D eigenvalue weighted by Crippen LogP contribution is -2.41. The van der Waals surface area contributed by atoms with Gasteiger partial charge in [0.1, 0.15) is 11.3 Å². The van der Waals surface area contributed by atoms with Crippen molar-refractivity contribution in [3.63, 3.8) is 0 Å². The van der Waals surface area contributed by atoms with Crippen molar-refractivity contribution < 1.29 is 9.84 Å². The molecule has 0 amide bonds. The maximum atomic E-state index is 10.8. The second-order valence-corrected chi connectivity index (χ2v) is 4.57. The summed E-state index contributed by atoms with van der Waals surface area (Å²) in [5.74, 6) is 0.697. The van der Waals surface area contributed by atoms with Crippen LogP contribution in [0.1, 0.15) is 31.9 Å². The highest BCUT2D eigenvalue weighted by Gasteiger charge is 2.37. The maximum Gasteiger partial charge on any atom is 0.162 e. The molecule has 0 bridgehead atoms. The van der Waals surface area contributed by atoms with Crippen LogP contribution in [-0.4, -0.2) is 35.1 Å². The largest absolute Gasteiger partial charge is 0.493 e. The van der Waals surface area contributed by atoms with Crippen molar-refractivity contribution >= 4 is 0 Å². The number of rotatable bonds is 4. The monoisotopic (exact) mass is 239 g/mol. The van der Waals surface area contributed by atoms with Crippen molar-refractivity contribution in [3.05, 3.63) is 11.9 Å². The number of methoxy groups -OCH3 is 1. The second-order valence-electron chi connectivity index (χ2n) is 4.57. The molecular formula is C12H21N3O2. The summed E-state index contributed by atoms with van der Waals surface area (Å²) in [5, 5.41) is 18.3. The van der Waals surface area contributed by atoms with Gasteiger partial charge in [0.2, 0.25) is 0 Å². The van der Waals surface area contributed by atoms with Crippen LogP contribution in [0.2, 0.25) is 0 Å². The summed E-state index contributed by atoms with van der Waals surface area (Å²) in [6, 6.07) is 0. The van der Waals surface area contributed by atoms with Gasteiger partial charge < -0.3 is 15.2 Å². The average Bonchev–Trinajstić information content (AvgIpc) is 2.74. The number of aliphatic hydroxyl groups is 1. The Bertz CT molecular complexity index is 370. The molecule has 1 aromatic rings. The van der Waals surface area contributed by atoms with Crippen LogP contribution in [0.25, 0.3) is 0 Å². The van der Waals surface area contributed by atoms with E-state index in [-0.39, 0.29) is 0 Å². The smallest absolute Gasteiger partial charge is 0.162 e. The Morgan fingerprint density at radius 1 is 1.53 bits per heavy atom. The van der Waals surface area contributed by atoms with E-state index < -0.39 is 5.60 Å². The van der Waals surface area contributed by atoms with Gasteiger partial charge in [-0.3, -0.25) is 4.68 Å². The number of hydrogen-bond acceptors (Lipinski definition) is 4. The molecule has 0 spiro atoms. The standard InChI is InChI=1S/C12H21N3O2/c1-3-8-15-11(10(17-2)9-14-15)12(16)4-6-13-7-5-12/h9,13,16H,3-8H2,1-2H3. The zero-order valence-electron chi connectivity index (χ0n) is 10.6. The summed E-state index contributed by atoms with van der Waals surface area (Å²) >= 11 is 0. The van der Waals surface area contributed by atoms with E-state index in [1.54, 1.807) is 13.3 Å². The van der Waals surface area contributed by atoms with E-state index in [1.807, 2.05) is 4.68 Å². The van der Waals surface area contributed by atoms with Crippen LogP contribution in [0.3, 0.4) is 0 Å². The number of hydrogen-bond donors (Lipinski definition) is 2. The Balaban J connectivity index is 2.36. The molecule has 0 unspecified atom stereocenters. The number of aromatic nitrogens is 2. The zero-order valence-corrected chi connectivity index (χ0v) is 10.6. The predicted molar refractivity (Wildman–Crippen MR) is 65.1 cm³/mol. The van der Waals surface area contributed by atoms with Gasteiger partial charge in [-0.25, -0.2) is 0 Å². The average molecular weight is 239 g/mol. The van der Waals surface area contributed by atoms with Gasteiger partial charge in [0, 0.05) is 6.54 Å². The summed E-state index contributed by atoms with van der Waals surface area (Å²) in [4.78, 5) is 0. The minimum absolute atomic E-state index is 0.697. The molecule has 17 heavy (non-hydrogen) atoms. The third-order valence-electron chi connectivity index (χ3n) is 3.33. The molecule has 5 heteroatoms. The Kier molecular flexibility index (Phi) is 3.69. The van der Waals surface area contributed by atoms with E-state index >= 15 is 0 Å². The summed E-state index contributed by atoms with van der Waals surface area (Å²) in [6.45, 7) is 4.58. The summed E-state index contributed by atoms with van der Waals surface area (Å²) in [7, 11) is 1.63. The van der Waals surface area contributed by atoms with Gasteiger partial charge in [-0.05, 0) is 32.4 Å². The first kappa shape index (κ1) is 12.4. The molecule has 0 atom stereocenters. The van der Waals surface area contributed by atoms with Crippen LogP contribution in [0.4, 0.5) is 0 Å². The number of nitrogens with zero attached hydrogens (tertiary/aromatic N) is 2. The molecule has 1 saturated heterocycles. The zero-order chi connectivity index (χ0) is 12.3. The van der Waals surface area contributed by atoms with Gasteiger partial charge in [0.05, 0.1) is 13.3 Å². The molecule has 1 aromatic heterocycles. The van der Waals surface area contributed by atoms with E-state index in [9.17, 15) is 5.11 Å². The van der Waals surface area contributed by atoms with Crippen molar-refractivity contribution in [1.82, 2.24) is 15.1 Å². The molecule has 0 saturated carbocycles. The van der Waals surface area contributed by atoms with Crippen LogP contribution in [0.5, 0.6) is 5.75 Å². The number of piperidine rings is 1. The quantitative estimate of drug-likeness (QED) is 0.818. The molecule has 1 fully saturated rings. The first-order valence-corrected chi connectivity index (χ1v) is 6.24. The highest BCUT2D eigenvalue weighted by molar-refractivity contribution is 5.31. The van der Waals surface area contributed by atoms with E-state index in [4.69, 9.17) is 4.74 Å². The van der Waals surface area contributed by atoms with Crippen molar-refractivity contribution in [2.75, 3.05) is 20.2 Å². The molecule has 2 N–H and O–H groups in total. The third kappa shape index (κ3) is 2.30. The number of nitrogens with one attached hydrogen (secondary N) is 1.